The SMILES string of the molecule is COCC(N)C(=O)NCCN(C)Cc1ccc(F)cc1. The molecular weight excluding hydrogens is 261 g/mol. The molecule has 3 N–H and O–H groups in total. The normalized spacial score (nSPS) is 12.4. The first-order chi connectivity index (χ1) is 9.52. The van der Waals surface area contributed by atoms with E-state index in [1.54, 1.807) is 12.1 Å². The number of methoxy groups -OCH3 is 1. The zero-order valence-corrected chi connectivity index (χ0v) is 11.9. The summed E-state index contributed by atoms with van der Waals surface area (Å²) in [4.78, 5) is 13.6. The van der Waals surface area contributed by atoms with Gasteiger partial charge in [0, 0.05) is 26.7 Å². The van der Waals surface area contributed by atoms with Crippen LogP contribution < -0.4 is 11.1 Å². The highest BCUT2D eigenvalue weighted by atomic mass is 19.1. The lowest BCUT2D eigenvalue weighted by Crippen LogP contribution is -2.45. The van der Waals surface area contributed by atoms with Crippen molar-refractivity contribution in [2.24, 2.45) is 5.73 Å². The van der Waals surface area contributed by atoms with E-state index in [-0.39, 0.29) is 18.3 Å². The highest BCUT2D eigenvalue weighted by Gasteiger charge is 2.12. The van der Waals surface area contributed by atoms with E-state index < -0.39 is 6.04 Å². The molecule has 0 aliphatic carbocycles. The first-order valence-electron chi connectivity index (χ1n) is 6.48. The minimum Gasteiger partial charge on any atom is -0.383 e. The maximum atomic E-state index is 12.8. The van der Waals surface area contributed by atoms with Gasteiger partial charge in [0.2, 0.25) is 5.91 Å². The second kappa shape index (κ2) is 8.63. The Morgan fingerprint density at radius 3 is 2.70 bits per heavy atom. The Bertz CT molecular complexity index is 411. The third-order valence-electron chi connectivity index (χ3n) is 2.84. The molecule has 1 aromatic rings. The summed E-state index contributed by atoms with van der Waals surface area (Å²) in [6.07, 6.45) is 0. The van der Waals surface area contributed by atoms with Crippen molar-refractivity contribution in [3.05, 3.63) is 35.6 Å². The number of hydrogen-bond donors (Lipinski definition) is 2. The lowest BCUT2D eigenvalue weighted by atomic mass is 10.2. The first kappa shape index (κ1) is 16.6. The van der Waals surface area contributed by atoms with Gasteiger partial charge in [-0.1, -0.05) is 12.1 Å². The zero-order chi connectivity index (χ0) is 15.0. The molecule has 0 aromatic heterocycles. The van der Waals surface area contributed by atoms with Crippen LogP contribution in [0.25, 0.3) is 0 Å². The maximum absolute atomic E-state index is 12.8. The number of nitrogens with two attached hydrogens (primary N) is 1. The van der Waals surface area contributed by atoms with E-state index >= 15 is 0 Å². The first-order valence-corrected chi connectivity index (χ1v) is 6.48. The fourth-order valence-corrected chi connectivity index (χ4v) is 1.74. The third kappa shape index (κ3) is 6.10. The maximum Gasteiger partial charge on any atom is 0.239 e. The molecule has 1 aromatic carbocycles. The summed E-state index contributed by atoms with van der Waals surface area (Å²) in [6, 6.07) is 5.74. The van der Waals surface area contributed by atoms with Gasteiger partial charge in [0.15, 0.2) is 0 Å². The number of halogens is 1. The average molecular weight is 283 g/mol. The van der Waals surface area contributed by atoms with E-state index in [1.165, 1.54) is 19.2 Å². The molecule has 0 aliphatic rings. The van der Waals surface area contributed by atoms with Crippen LogP contribution in [0.1, 0.15) is 5.56 Å². The van der Waals surface area contributed by atoms with E-state index in [4.69, 9.17) is 10.5 Å². The van der Waals surface area contributed by atoms with Crippen molar-refractivity contribution in [3.63, 3.8) is 0 Å². The summed E-state index contributed by atoms with van der Waals surface area (Å²) < 4.78 is 17.6. The minimum atomic E-state index is -0.637. The summed E-state index contributed by atoms with van der Waals surface area (Å²) >= 11 is 0. The van der Waals surface area contributed by atoms with Gasteiger partial charge < -0.3 is 20.7 Å². The molecule has 0 heterocycles. The molecule has 0 spiro atoms. The predicted octanol–water partition coefficient (Wildman–Crippen LogP) is 0.347. The molecule has 5 nitrogen and oxygen atoms in total. The number of likely N-dealkylation sites (N-methyl/N-ethyl adjacent to an activating group) is 1. The van der Waals surface area contributed by atoms with E-state index in [0.29, 0.717) is 19.6 Å². The van der Waals surface area contributed by atoms with Gasteiger partial charge in [-0.25, -0.2) is 4.39 Å². The molecule has 6 heteroatoms. The van der Waals surface area contributed by atoms with Crippen molar-refractivity contribution in [1.82, 2.24) is 10.2 Å². The molecule has 1 unspecified atom stereocenters. The van der Waals surface area contributed by atoms with Crippen molar-refractivity contribution in [3.8, 4) is 0 Å². The van der Waals surface area contributed by atoms with Crippen molar-refractivity contribution >= 4 is 5.91 Å². The van der Waals surface area contributed by atoms with Crippen LogP contribution in [0.2, 0.25) is 0 Å². The van der Waals surface area contributed by atoms with Crippen LogP contribution in [0.5, 0.6) is 0 Å². The summed E-state index contributed by atoms with van der Waals surface area (Å²) in [5, 5.41) is 2.75. The molecule has 0 aliphatic heterocycles. The zero-order valence-electron chi connectivity index (χ0n) is 11.9. The number of ether oxygens (including phenoxy) is 1. The monoisotopic (exact) mass is 283 g/mol. The molecule has 1 amide bonds. The molecule has 0 bridgehead atoms. The van der Waals surface area contributed by atoms with Crippen LogP contribution in [0.15, 0.2) is 24.3 Å². The largest absolute Gasteiger partial charge is 0.383 e. The molecule has 0 saturated carbocycles. The van der Waals surface area contributed by atoms with Gasteiger partial charge in [0.25, 0.3) is 0 Å². The number of nitrogens with one attached hydrogen (secondary N) is 1. The Morgan fingerprint density at radius 2 is 2.10 bits per heavy atom. The van der Waals surface area contributed by atoms with Gasteiger partial charge in [0.05, 0.1) is 6.61 Å². The van der Waals surface area contributed by atoms with Crippen LogP contribution in [-0.2, 0) is 16.1 Å². The van der Waals surface area contributed by atoms with E-state index in [9.17, 15) is 9.18 Å². The molecule has 0 radical (unpaired) electrons. The standard InChI is InChI=1S/C14H22FN3O2/c1-18(9-11-3-5-12(15)6-4-11)8-7-17-14(19)13(16)10-20-2/h3-6,13H,7-10,16H2,1-2H3,(H,17,19). The fourth-order valence-electron chi connectivity index (χ4n) is 1.74. The highest BCUT2D eigenvalue weighted by molar-refractivity contribution is 5.81. The van der Waals surface area contributed by atoms with E-state index in [1.807, 2.05) is 11.9 Å². The fraction of sp³-hybridized carbons (Fsp3) is 0.500. The van der Waals surface area contributed by atoms with Crippen molar-refractivity contribution < 1.29 is 13.9 Å². The molecule has 20 heavy (non-hydrogen) atoms. The second-order valence-electron chi connectivity index (χ2n) is 4.72. The predicted molar refractivity (Wildman–Crippen MR) is 75.6 cm³/mol. The molecule has 1 rings (SSSR count). The van der Waals surface area contributed by atoms with Crippen LogP contribution >= 0.6 is 0 Å². The Morgan fingerprint density at radius 1 is 1.45 bits per heavy atom. The third-order valence-corrected chi connectivity index (χ3v) is 2.84. The molecule has 0 fully saturated rings. The smallest absolute Gasteiger partial charge is 0.239 e. The number of nitrogens with zero attached hydrogens (tertiary/aromatic N) is 1. The molecule has 112 valence electrons. The van der Waals surface area contributed by atoms with Crippen molar-refractivity contribution in [2.75, 3.05) is 33.9 Å². The quantitative estimate of drug-likeness (QED) is 0.722. The van der Waals surface area contributed by atoms with Gasteiger partial charge in [-0.15, -0.1) is 0 Å². The van der Waals surface area contributed by atoms with Crippen LogP contribution in [0, 0.1) is 5.82 Å². The summed E-state index contributed by atoms with van der Waals surface area (Å²) in [6.45, 7) is 2.09. The lowest BCUT2D eigenvalue weighted by molar-refractivity contribution is -0.123. The highest BCUT2D eigenvalue weighted by Crippen LogP contribution is 2.04. The van der Waals surface area contributed by atoms with Gasteiger partial charge in [-0.2, -0.15) is 0 Å². The van der Waals surface area contributed by atoms with E-state index in [0.717, 1.165) is 5.56 Å². The Balaban J connectivity index is 2.24. The number of benzene rings is 1. The number of rotatable bonds is 8. The van der Waals surface area contributed by atoms with E-state index in [2.05, 4.69) is 5.32 Å². The number of hydrogen-bond acceptors (Lipinski definition) is 4. The van der Waals surface area contributed by atoms with Gasteiger partial charge in [-0.05, 0) is 24.7 Å². The summed E-state index contributed by atoms with van der Waals surface area (Å²) in [5.41, 5.74) is 6.62. The molecule has 0 saturated heterocycles. The summed E-state index contributed by atoms with van der Waals surface area (Å²) in [5.74, 6) is -0.460. The Labute approximate surface area is 118 Å². The summed E-state index contributed by atoms with van der Waals surface area (Å²) in [7, 11) is 3.44. The van der Waals surface area contributed by atoms with Gasteiger partial charge >= 0.3 is 0 Å². The topological polar surface area (TPSA) is 67.6 Å². The number of carbonyl (C=O) groups is 1. The van der Waals surface area contributed by atoms with Crippen LogP contribution in [0.4, 0.5) is 4.39 Å². The second-order valence-corrected chi connectivity index (χ2v) is 4.72. The Hall–Kier alpha value is -1.50. The van der Waals surface area contributed by atoms with Crippen LogP contribution in [0.3, 0.4) is 0 Å². The molecule has 1 atom stereocenters. The van der Waals surface area contributed by atoms with Crippen molar-refractivity contribution in [1.29, 1.82) is 0 Å². The Kier molecular flexibility index (Phi) is 7.14. The average Bonchev–Trinajstić information content (AvgIpc) is 2.41. The number of carbonyl (C=O) groups excluding carboxylic acids is 1. The van der Waals surface area contributed by atoms with Crippen molar-refractivity contribution in [2.45, 2.75) is 12.6 Å². The van der Waals surface area contributed by atoms with Crippen LogP contribution in [-0.4, -0.2) is 50.7 Å². The van der Waals surface area contributed by atoms with Gasteiger partial charge in [0.1, 0.15) is 11.9 Å². The lowest BCUT2D eigenvalue weighted by Gasteiger charge is -2.18. The minimum absolute atomic E-state index is 0.206. The molecular formula is C14H22FN3O2. The van der Waals surface area contributed by atoms with Gasteiger partial charge in [-0.3, -0.25) is 4.79 Å². The number of amides is 1.